The predicted octanol–water partition coefficient (Wildman–Crippen LogP) is -1.91. The Morgan fingerprint density at radius 2 is 0.714 bits per heavy atom. The molecule has 50 valence electrons. The first-order valence-corrected chi connectivity index (χ1v) is 7.61. The molecule has 0 amide bonds. The summed E-state index contributed by atoms with van der Waals surface area (Å²) in [5.74, 6) is 0. The maximum atomic E-state index is 2.30. The summed E-state index contributed by atoms with van der Waals surface area (Å²) in [6.07, 6.45) is 0. The smallest absolute Gasteiger partial charge is 0.216 e. The van der Waals surface area contributed by atoms with Crippen molar-refractivity contribution in [3.8, 4) is 0 Å². The molecule has 4 nitrogen and oxygen atoms in total. The zero-order chi connectivity index (χ0) is 2.71. The lowest BCUT2D eigenvalue weighted by Crippen LogP contribution is -1.30. The molecule has 0 unspecified atom stereocenters. The Labute approximate surface area is 69.5 Å². The Bertz CT molecular complexity index is 9.65. The minimum atomic E-state index is 0. The minimum Gasteiger partial charge on any atom is -0.412 e. The molecule has 0 aromatic heterocycles. The molecule has 0 atom stereocenters. The summed E-state index contributed by atoms with van der Waals surface area (Å²) in [4.78, 5) is 0. The molecule has 0 rings (SSSR count). The van der Waals surface area contributed by atoms with E-state index in [1.54, 1.807) is 0 Å². The van der Waals surface area contributed by atoms with Crippen LogP contribution in [0.3, 0.4) is 0 Å². The number of hydrogen-bond acceptors (Lipinski definition) is 0. The van der Waals surface area contributed by atoms with Gasteiger partial charge in [-0.1, -0.05) is 0 Å². The summed E-state index contributed by atoms with van der Waals surface area (Å²) in [6.45, 7) is 0. The van der Waals surface area contributed by atoms with Crippen molar-refractivity contribution in [2.75, 3.05) is 0 Å². The van der Waals surface area contributed by atoms with Gasteiger partial charge in [0.1, 0.15) is 0 Å². The van der Waals surface area contributed by atoms with Gasteiger partial charge in [0, 0.05) is 0 Å². The molecule has 0 spiro atoms. The third-order valence-electron chi connectivity index (χ3n) is 0. The zero-order valence-corrected chi connectivity index (χ0v) is 8.57. The van der Waals surface area contributed by atoms with Gasteiger partial charge in [-0.05, 0) is 0 Å². The van der Waals surface area contributed by atoms with Gasteiger partial charge in [0.05, 0.1) is 0 Å². The third kappa shape index (κ3) is 99.4. The molecule has 0 bridgehead atoms. The van der Waals surface area contributed by atoms with Crippen molar-refractivity contribution in [3.63, 3.8) is 0 Å². The van der Waals surface area contributed by atoms with E-state index in [1.807, 2.05) is 0 Å². The van der Waals surface area contributed by atoms with Crippen LogP contribution in [0, 0.1) is 0 Å². The van der Waals surface area contributed by atoms with Gasteiger partial charge < -0.3 is 21.9 Å². The van der Waals surface area contributed by atoms with Crippen LogP contribution in [0.15, 0.2) is 0 Å². The molecule has 0 aliphatic carbocycles. The molecule has 2 radical (unpaired) electrons. The van der Waals surface area contributed by atoms with Crippen LogP contribution in [0.25, 0.3) is 0 Å². The van der Waals surface area contributed by atoms with Crippen molar-refractivity contribution in [2.45, 2.75) is 0 Å². The zero-order valence-electron chi connectivity index (χ0n) is 3.26. The lowest BCUT2D eigenvalue weighted by molar-refractivity contribution is 0.823. The van der Waals surface area contributed by atoms with E-state index in [-0.39, 0.29) is 21.9 Å². The molecule has 0 saturated carbocycles. The average molecular weight is 354 g/mol. The third-order valence-corrected chi connectivity index (χ3v) is 0. The van der Waals surface area contributed by atoms with Gasteiger partial charge in [-0.25, -0.2) is 0 Å². The lowest BCUT2D eigenvalue weighted by atomic mass is 16.0. The first-order valence-electron chi connectivity index (χ1n) is 0.378. The predicted molar refractivity (Wildman–Crippen MR) is 48.2 cm³/mol. The number of rotatable bonds is 0. The second kappa shape index (κ2) is 50.4. The molecule has 0 aromatic rings. The largest absolute Gasteiger partial charge is 0.412 e. The maximum absolute atomic E-state index is 2.30. The van der Waals surface area contributed by atoms with E-state index in [1.165, 1.54) is 0 Å². The Morgan fingerprint density at radius 3 is 0.714 bits per heavy atom. The molecule has 0 heterocycles. The topological polar surface area (TPSA) is 126 Å². The van der Waals surface area contributed by atoms with Crippen LogP contribution >= 0.6 is 43.6 Å². The van der Waals surface area contributed by atoms with Gasteiger partial charge >= 0.3 is 0 Å². The Morgan fingerprint density at radius 1 is 0.714 bits per heavy atom. The average Bonchev–Trinajstić information content (AvgIpc) is 0.918. The summed E-state index contributed by atoms with van der Waals surface area (Å²) >= 11 is 4.61. The fourth-order valence-corrected chi connectivity index (χ4v) is 0. The summed E-state index contributed by atoms with van der Waals surface area (Å²) in [7, 11) is 0. The maximum Gasteiger partial charge on any atom is 0.216 e. The normalized spacial score (nSPS) is 2.57. The Balaban J connectivity index is -0.00000000333. The molecule has 7 heavy (non-hydrogen) atoms. The van der Waals surface area contributed by atoms with Crippen molar-refractivity contribution in [1.29, 1.82) is 0 Å². The first-order chi connectivity index (χ1) is 1.41. The second-order valence-corrected chi connectivity index (χ2v) is 9.64. The van der Waals surface area contributed by atoms with Gasteiger partial charge in [-0.15, -0.1) is 43.6 Å². The van der Waals surface area contributed by atoms with Crippen molar-refractivity contribution in [2.24, 2.45) is 0 Å². The van der Waals surface area contributed by atoms with Crippen LogP contribution in [0.5, 0.6) is 0 Å². The number of halogens is 2. The first kappa shape index (κ1) is 38.9. The van der Waals surface area contributed by atoms with Gasteiger partial charge in [0.25, 0.3) is 0 Å². The standard InChI is InChI=1S/I2Si.4H2O/c1-3-2;;;;/h;4*1H2. The van der Waals surface area contributed by atoms with Crippen LogP contribution in [-0.4, -0.2) is 26.4 Å². The fourth-order valence-electron chi connectivity index (χ4n) is 0. The summed E-state index contributed by atoms with van der Waals surface area (Å²) in [5.41, 5.74) is 0. The van der Waals surface area contributed by atoms with Crippen LogP contribution in [0.1, 0.15) is 0 Å². The SMILES string of the molecule is I[Si]I.O.O.O.O. The van der Waals surface area contributed by atoms with E-state index in [9.17, 15) is 0 Å². The highest BCUT2D eigenvalue weighted by Crippen LogP contribution is 1.80. The van der Waals surface area contributed by atoms with Gasteiger partial charge in [0.2, 0.25) is 4.51 Å². The van der Waals surface area contributed by atoms with Crippen LogP contribution in [-0.2, 0) is 0 Å². The van der Waals surface area contributed by atoms with Gasteiger partial charge in [-0.3, -0.25) is 0 Å². The fraction of sp³-hybridized carbons (Fsp3) is 0. The quantitative estimate of drug-likeness (QED) is 0.274. The van der Waals surface area contributed by atoms with Crippen LogP contribution in [0.4, 0.5) is 0 Å². The highest BCUT2D eigenvalue weighted by Gasteiger charge is 1.48. The molecular formula is H8I2O4Si. The van der Waals surface area contributed by atoms with Crippen LogP contribution < -0.4 is 0 Å². The van der Waals surface area contributed by atoms with Gasteiger partial charge in [-0.2, -0.15) is 0 Å². The van der Waals surface area contributed by atoms with E-state index in [2.05, 4.69) is 43.6 Å². The summed E-state index contributed by atoms with van der Waals surface area (Å²) in [6, 6.07) is 0. The minimum absolute atomic E-state index is 0. The Kier molecular flexibility index (Phi) is 280. The highest BCUT2D eigenvalue weighted by molar-refractivity contribution is 14.3. The summed E-state index contributed by atoms with van der Waals surface area (Å²) < 4.78 is 1.02. The second-order valence-electron chi connectivity index (χ2n) is 0.0714. The molecule has 8 N–H and O–H groups in total. The molecule has 0 aliphatic rings. The molecule has 7 heteroatoms. The molecule has 0 fully saturated rings. The molecule has 0 aromatic carbocycles. The van der Waals surface area contributed by atoms with Crippen molar-refractivity contribution < 1.29 is 21.9 Å². The van der Waals surface area contributed by atoms with E-state index >= 15 is 0 Å². The van der Waals surface area contributed by atoms with Crippen LogP contribution in [0.2, 0.25) is 0 Å². The van der Waals surface area contributed by atoms with E-state index < -0.39 is 0 Å². The van der Waals surface area contributed by atoms with Crippen molar-refractivity contribution >= 4 is 48.1 Å². The van der Waals surface area contributed by atoms with E-state index in [4.69, 9.17) is 0 Å². The monoisotopic (exact) mass is 354 g/mol. The van der Waals surface area contributed by atoms with E-state index in [0.29, 0.717) is 0 Å². The van der Waals surface area contributed by atoms with Crippen molar-refractivity contribution in [1.82, 2.24) is 0 Å². The molecular weight excluding hydrogens is 346 g/mol. The molecule has 0 aliphatic heterocycles. The van der Waals surface area contributed by atoms with E-state index in [0.717, 1.165) is 4.51 Å². The Hall–Kier alpha value is 1.52. The molecule has 0 saturated heterocycles. The number of hydrogen-bond donors (Lipinski definition) is 0. The van der Waals surface area contributed by atoms with Gasteiger partial charge in [0.15, 0.2) is 0 Å². The lowest BCUT2D eigenvalue weighted by Gasteiger charge is -1.37. The highest BCUT2D eigenvalue weighted by atomic mass is 127. The van der Waals surface area contributed by atoms with Crippen molar-refractivity contribution in [3.05, 3.63) is 0 Å². The summed E-state index contributed by atoms with van der Waals surface area (Å²) in [5, 5.41) is 0.